The summed E-state index contributed by atoms with van der Waals surface area (Å²) in [5.41, 5.74) is 0.682. The molecule has 0 amide bonds. The summed E-state index contributed by atoms with van der Waals surface area (Å²) in [7, 11) is 0. The largest absolute Gasteiger partial charge is 0.481 e. The fourth-order valence-corrected chi connectivity index (χ4v) is 3.20. The van der Waals surface area contributed by atoms with Gasteiger partial charge in [0.05, 0.1) is 6.21 Å². The molecular formula is C17H20N4O3S. The van der Waals surface area contributed by atoms with Gasteiger partial charge in [-0.2, -0.15) is 14.9 Å². The van der Waals surface area contributed by atoms with E-state index in [1.165, 1.54) is 19.3 Å². The lowest BCUT2D eigenvalue weighted by atomic mass is 9.89. The fourth-order valence-electron chi connectivity index (χ4n) is 3.02. The molecule has 0 unspecified atom stereocenters. The molecule has 8 heteroatoms. The van der Waals surface area contributed by atoms with Crippen molar-refractivity contribution in [3.05, 3.63) is 40.4 Å². The number of rotatable bonds is 6. The Morgan fingerprint density at radius 3 is 2.92 bits per heavy atom. The maximum absolute atomic E-state index is 10.7. The Hall–Kier alpha value is -2.48. The van der Waals surface area contributed by atoms with E-state index in [0.29, 0.717) is 22.0 Å². The molecule has 132 valence electrons. The minimum absolute atomic E-state index is 0.359. The molecular weight excluding hydrogens is 340 g/mol. The van der Waals surface area contributed by atoms with Crippen molar-refractivity contribution in [1.82, 2.24) is 14.9 Å². The number of carboxylic acids is 1. The molecule has 1 aromatic heterocycles. The Labute approximate surface area is 150 Å². The number of hydrogen-bond acceptors (Lipinski definition) is 5. The summed E-state index contributed by atoms with van der Waals surface area (Å²) in [5.74, 6) is 0.647. The maximum Gasteiger partial charge on any atom is 0.341 e. The molecule has 0 aliphatic heterocycles. The number of aromatic nitrogens is 3. The number of hydrogen-bond donors (Lipinski definition) is 2. The standard InChI is InChI=1S/C17H20N4O3S/c22-15(23)11-24-14-9-5-4-8-13(14)10-18-21-16(19-20-17(21)25)12-6-2-1-3-7-12/h4-5,8-10,12H,1-3,6-7,11H2,(H,20,25)(H,22,23)/b18-10-. The number of carbonyl (C=O) groups is 1. The molecule has 0 atom stereocenters. The van der Waals surface area contributed by atoms with Gasteiger partial charge in [0, 0.05) is 11.5 Å². The van der Waals surface area contributed by atoms with Crippen LogP contribution in [0.3, 0.4) is 0 Å². The first-order valence-corrected chi connectivity index (χ1v) is 8.71. The molecule has 2 aromatic rings. The van der Waals surface area contributed by atoms with E-state index in [4.69, 9.17) is 22.1 Å². The third-order valence-corrected chi connectivity index (χ3v) is 4.49. The quantitative estimate of drug-likeness (QED) is 0.609. The first-order valence-electron chi connectivity index (χ1n) is 8.30. The third kappa shape index (κ3) is 4.33. The molecule has 0 bridgehead atoms. The molecule has 0 saturated heterocycles. The number of nitrogens with one attached hydrogen (secondary N) is 1. The average Bonchev–Trinajstić information content (AvgIpc) is 3.00. The number of H-pyrrole nitrogens is 1. The van der Waals surface area contributed by atoms with E-state index < -0.39 is 12.6 Å². The molecule has 1 aliphatic carbocycles. The highest BCUT2D eigenvalue weighted by Crippen LogP contribution is 2.31. The number of benzene rings is 1. The van der Waals surface area contributed by atoms with Gasteiger partial charge in [-0.05, 0) is 37.2 Å². The van der Waals surface area contributed by atoms with E-state index in [-0.39, 0.29) is 0 Å². The third-order valence-electron chi connectivity index (χ3n) is 4.23. The van der Waals surface area contributed by atoms with Crippen molar-refractivity contribution in [3.63, 3.8) is 0 Å². The lowest BCUT2D eigenvalue weighted by Gasteiger charge is -2.19. The molecule has 1 aromatic carbocycles. The Kier molecular flexibility index (Phi) is 5.60. The maximum atomic E-state index is 10.7. The van der Waals surface area contributed by atoms with Gasteiger partial charge < -0.3 is 9.84 Å². The second-order valence-corrected chi connectivity index (χ2v) is 6.39. The Balaban J connectivity index is 1.84. The minimum atomic E-state index is -1.02. The lowest BCUT2D eigenvalue weighted by Crippen LogP contribution is -2.11. The Bertz CT molecular complexity index is 821. The van der Waals surface area contributed by atoms with Crippen molar-refractivity contribution in [1.29, 1.82) is 0 Å². The summed E-state index contributed by atoms with van der Waals surface area (Å²) in [4.78, 5) is 10.7. The average molecular weight is 360 g/mol. The summed E-state index contributed by atoms with van der Waals surface area (Å²) in [6, 6.07) is 7.14. The predicted octanol–water partition coefficient (Wildman–Crippen LogP) is 3.33. The second-order valence-electron chi connectivity index (χ2n) is 6.00. The zero-order valence-electron chi connectivity index (χ0n) is 13.7. The van der Waals surface area contributed by atoms with Crippen LogP contribution in [0.1, 0.15) is 49.4 Å². The summed E-state index contributed by atoms with van der Waals surface area (Å²) < 4.78 is 7.39. The zero-order chi connectivity index (χ0) is 17.6. The second kappa shape index (κ2) is 8.06. The van der Waals surface area contributed by atoms with E-state index in [2.05, 4.69) is 15.3 Å². The molecule has 1 saturated carbocycles. The van der Waals surface area contributed by atoms with E-state index >= 15 is 0 Å². The summed E-state index contributed by atoms with van der Waals surface area (Å²) in [6.45, 7) is -0.399. The van der Waals surface area contributed by atoms with Gasteiger partial charge in [-0.15, -0.1) is 0 Å². The highest BCUT2D eigenvalue weighted by molar-refractivity contribution is 7.71. The lowest BCUT2D eigenvalue weighted by molar-refractivity contribution is -0.139. The van der Waals surface area contributed by atoms with Gasteiger partial charge >= 0.3 is 5.97 Å². The van der Waals surface area contributed by atoms with Crippen molar-refractivity contribution >= 4 is 24.4 Å². The Morgan fingerprint density at radius 1 is 1.40 bits per heavy atom. The van der Waals surface area contributed by atoms with Crippen LogP contribution in [0.15, 0.2) is 29.4 Å². The van der Waals surface area contributed by atoms with Crippen LogP contribution in [0.25, 0.3) is 0 Å². The Morgan fingerprint density at radius 2 is 2.16 bits per heavy atom. The van der Waals surface area contributed by atoms with Crippen molar-refractivity contribution in [2.75, 3.05) is 6.61 Å². The highest BCUT2D eigenvalue weighted by Gasteiger charge is 2.21. The number of ether oxygens (including phenoxy) is 1. The molecule has 0 spiro atoms. The van der Waals surface area contributed by atoms with Crippen LogP contribution >= 0.6 is 12.2 Å². The zero-order valence-corrected chi connectivity index (χ0v) is 14.5. The normalized spacial score (nSPS) is 15.5. The molecule has 1 fully saturated rings. The van der Waals surface area contributed by atoms with Crippen molar-refractivity contribution in [2.24, 2.45) is 5.10 Å². The van der Waals surface area contributed by atoms with Crippen LogP contribution in [0, 0.1) is 4.77 Å². The number of aliphatic carboxylic acids is 1. The number of para-hydroxylation sites is 1. The predicted molar refractivity (Wildman–Crippen MR) is 95.8 cm³/mol. The van der Waals surface area contributed by atoms with Gasteiger partial charge in [-0.25, -0.2) is 4.79 Å². The van der Waals surface area contributed by atoms with Gasteiger partial charge in [-0.3, -0.25) is 5.10 Å². The van der Waals surface area contributed by atoms with Crippen molar-refractivity contribution in [3.8, 4) is 5.75 Å². The topological polar surface area (TPSA) is 92.5 Å². The summed E-state index contributed by atoms with van der Waals surface area (Å²) in [6.07, 6.45) is 7.45. The van der Waals surface area contributed by atoms with Crippen molar-refractivity contribution < 1.29 is 14.6 Å². The van der Waals surface area contributed by atoms with E-state index in [0.717, 1.165) is 18.7 Å². The van der Waals surface area contributed by atoms with Gasteiger partial charge in [0.1, 0.15) is 5.75 Å². The van der Waals surface area contributed by atoms with Crippen LogP contribution in [0.5, 0.6) is 5.75 Å². The van der Waals surface area contributed by atoms with E-state index in [1.807, 2.05) is 12.1 Å². The van der Waals surface area contributed by atoms with Gasteiger partial charge in [0.2, 0.25) is 4.77 Å². The molecule has 2 N–H and O–H groups in total. The van der Waals surface area contributed by atoms with Crippen LogP contribution in [-0.4, -0.2) is 38.8 Å². The molecule has 25 heavy (non-hydrogen) atoms. The SMILES string of the molecule is O=C(O)COc1ccccc1/C=N\n1c(C2CCCCC2)n[nH]c1=S. The first kappa shape index (κ1) is 17.3. The van der Waals surface area contributed by atoms with Crippen LogP contribution in [-0.2, 0) is 4.79 Å². The monoisotopic (exact) mass is 360 g/mol. The highest BCUT2D eigenvalue weighted by atomic mass is 32.1. The fraction of sp³-hybridized carbons (Fsp3) is 0.412. The molecule has 7 nitrogen and oxygen atoms in total. The van der Waals surface area contributed by atoms with Gasteiger partial charge in [-0.1, -0.05) is 31.4 Å². The van der Waals surface area contributed by atoms with Crippen LogP contribution in [0.4, 0.5) is 0 Å². The van der Waals surface area contributed by atoms with Crippen LogP contribution < -0.4 is 4.74 Å². The number of nitrogens with zero attached hydrogens (tertiary/aromatic N) is 3. The van der Waals surface area contributed by atoms with E-state index in [1.54, 1.807) is 23.0 Å². The van der Waals surface area contributed by atoms with Crippen molar-refractivity contribution in [2.45, 2.75) is 38.0 Å². The molecule has 1 heterocycles. The first-order chi connectivity index (χ1) is 12.1. The smallest absolute Gasteiger partial charge is 0.341 e. The van der Waals surface area contributed by atoms with Crippen LogP contribution in [0.2, 0.25) is 0 Å². The summed E-state index contributed by atoms with van der Waals surface area (Å²) in [5, 5.41) is 20.4. The minimum Gasteiger partial charge on any atom is -0.481 e. The van der Waals surface area contributed by atoms with Gasteiger partial charge in [0.15, 0.2) is 12.4 Å². The molecule has 3 rings (SSSR count). The van der Waals surface area contributed by atoms with Gasteiger partial charge in [0.25, 0.3) is 0 Å². The van der Waals surface area contributed by atoms with E-state index in [9.17, 15) is 4.79 Å². The molecule has 1 aliphatic rings. The number of carboxylic acid groups (broad SMARTS) is 1. The molecule has 0 radical (unpaired) electrons. The number of aromatic amines is 1. The summed E-state index contributed by atoms with van der Waals surface area (Å²) >= 11 is 5.30.